The smallest absolute Gasteiger partial charge is 0.283 e. The van der Waals surface area contributed by atoms with Crippen LogP contribution < -0.4 is 10.5 Å². The lowest BCUT2D eigenvalue weighted by molar-refractivity contribution is 0.248. The molecule has 4 nitrogen and oxygen atoms in total. The van der Waals surface area contributed by atoms with E-state index in [0.717, 1.165) is 17.7 Å². The van der Waals surface area contributed by atoms with E-state index in [1.807, 2.05) is 24.3 Å². The molecule has 0 spiro atoms. The fourth-order valence-corrected chi connectivity index (χ4v) is 1.90. The van der Waals surface area contributed by atoms with Crippen molar-refractivity contribution in [2.24, 2.45) is 10.7 Å². The van der Waals surface area contributed by atoms with Gasteiger partial charge in [-0.25, -0.2) is 4.99 Å². The average Bonchev–Trinajstić information content (AvgIpc) is 2.72. The summed E-state index contributed by atoms with van der Waals surface area (Å²) in [4.78, 5) is 4.40. The fraction of sp³-hybridized carbons (Fsp3) is 0.417. The summed E-state index contributed by atoms with van der Waals surface area (Å²) in [6, 6.07) is 8.15. The summed E-state index contributed by atoms with van der Waals surface area (Å²) < 4.78 is 10.4. The van der Waals surface area contributed by atoms with Crippen LogP contribution in [0.3, 0.4) is 0 Å². The summed E-state index contributed by atoms with van der Waals surface area (Å²) >= 11 is 0. The molecule has 1 atom stereocenters. The average molecular weight is 220 g/mol. The van der Waals surface area contributed by atoms with Crippen LogP contribution in [0.1, 0.15) is 18.9 Å². The minimum atomic E-state index is -0.323. The Labute approximate surface area is 95.1 Å². The van der Waals surface area contributed by atoms with Crippen molar-refractivity contribution in [1.82, 2.24) is 0 Å². The molecule has 2 N–H and O–H groups in total. The molecule has 1 aliphatic heterocycles. The lowest BCUT2D eigenvalue weighted by atomic mass is 9.89. The van der Waals surface area contributed by atoms with Crippen LogP contribution in [0, 0.1) is 0 Å². The van der Waals surface area contributed by atoms with Gasteiger partial charge >= 0.3 is 0 Å². The molecule has 1 aromatic rings. The molecular weight excluding hydrogens is 204 g/mol. The number of rotatable bonds is 3. The van der Waals surface area contributed by atoms with Gasteiger partial charge < -0.3 is 15.2 Å². The van der Waals surface area contributed by atoms with E-state index in [1.54, 1.807) is 7.11 Å². The maximum atomic E-state index is 5.58. The SMILES string of the molecule is CCC1(c2ccc(OC)cc2)COC(N)=N1. The van der Waals surface area contributed by atoms with E-state index in [2.05, 4.69) is 11.9 Å². The van der Waals surface area contributed by atoms with Crippen molar-refractivity contribution in [2.45, 2.75) is 18.9 Å². The van der Waals surface area contributed by atoms with Crippen molar-refractivity contribution >= 4 is 6.02 Å². The second-order valence-electron chi connectivity index (χ2n) is 3.85. The third-order valence-electron chi connectivity index (χ3n) is 3.00. The Morgan fingerprint density at radius 1 is 1.44 bits per heavy atom. The van der Waals surface area contributed by atoms with Gasteiger partial charge in [0, 0.05) is 0 Å². The molecule has 1 aliphatic rings. The van der Waals surface area contributed by atoms with Crippen LogP contribution in [0.4, 0.5) is 0 Å². The van der Waals surface area contributed by atoms with E-state index < -0.39 is 0 Å². The van der Waals surface area contributed by atoms with E-state index in [9.17, 15) is 0 Å². The van der Waals surface area contributed by atoms with Crippen LogP contribution in [-0.4, -0.2) is 19.7 Å². The number of hydrogen-bond donors (Lipinski definition) is 1. The van der Waals surface area contributed by atoms with Crippen LogP contribution in [-0.2, 0) is 10.3 Å². The summed E-state index contributed by atoms with van der Waals surface area (Å²) in [7, 11) is 1.65. The first-order chi connectivity index (χ1) is 7.70. The zero-order chi connectivity index (χ0) is 11.6. The summed E-state index contributed by atoms with van der Waals surface area (Å²) in [6.45, 7) is 2.59. The molecule has 16 heavy (non-hydrogen) atoms. The molecule has 0 amide bonds. The molecule has 0 saturated carbocycles. The van der Waals surface area contributed by atoms with E-state index >= 15 is 0 Å². The monoisotopic (exact) mass is 220 g/mol. The summed E-state index contributed by atoms with van der Waals surface area (Å²) in [5.41, 5.74) is 6.37. The first-order valence-electron chi connectivity index (χ1n) is 5.33. The highest BCUT2D eigenvalue weighted by Gasteiger charge is 2.36. The maximum absolute atomic E-state index is 5.58. The molecule has 1 heterocycles. The molecule has 86 valence electrons. The lowest BCUT2D eigenvalue weighted by Crippen LogP contribution is -2.24. The van der Waals surface area contributed by atoms with Gasteiger partial charge in [0.1, 0.15) is 17.9 Å². The topological polar surface area (TPSA) is 56.8 Å². The second kappa shape index (κ2) is 4.04. The van der Waals surface area contributed by atoms with Crippen LogP contribution >= 0.6 is 0 Å². The minimum absolute atomic E-state index is 0.276. The van der Waals surface area contributed by atoms with Gasteiger partial charge in [-0.2, -0.15) is 0 Å². The Hall–Kier alpha value is -1.71. The largest absolute Gasteiger partial charge is 0.497 e. The predicted molar refractivity (Wildman–Crippen MR) is 62.5 cm³/mol. The molecule has 1 aromatic carbocycles. The zero-order valence-electron chi connectivity index (χ0n) is 9.56. The number of methoxy groups -OCH3 is 1. The number of aliphatic imine (C=N–C) groups is 1. The van der Waals surface area contributed by atoms with E-state index in [1.165, 1.54) is 0 Å². The van der Waals surface area contributed by atoms with Gasteiger partial charge in [0.05, 0.1) is 7.11 Å². The fourth-order valence-electron chi connectivity index (χ4n) is 1.90. The van der Waals surface area contributed by atoms with E-state index in [0.29, 0.717) is 6.61 Å². The van der Waals surface area contributed by atoms with Crippen molar-refractivity contribution in [3.05, 3.63) is 29.8 Å². The van der Waals surface area contributed by atoms with Gasteiger partial charge in [-0.1, -0.05) is 19.1 Å². The van der Waals surface area contributed by atoms with Crippen LogP contribution in [0.25, 0.3) is 0 Å². The molecule has 2 rings (SSSR count). The van der Waals surface area contributed by atoms with Gasteiger partial charge in [0.2, 0.25) is 0 Å². The summed E-state index contributed by atoms with van der Waals surface area (Å²) in [5, 5.41) is 0. The number of amidine groups is 1. The van der Waals surface area contributed by atoms with Crippen molar-refractivity contribution in [3.8, 4) is 5.75 Å². The minimum Gasteiger partial charge on any atom is -0.497 e. The summed E-state index contributed by atoms with van der Waals surface area (Å²) in [6.07, 6.45) is 0.861. The van der Waals surface area contributed by atoms with Gasteiger partial charge in [-0.05, 0) is 24.1 Å². The normalized spacial score (nSPS) is 23.8. The van der Waals surface area contributed by atoms with Crippen molar-refractivity contribution in [3.63, 3.8) is 0 Å². The Balaban J connectivity index is 2.34. The molecule has 0 fully saturated rings. The summed E-state index contributed by atoms with van der Waals surface area (Å²) in [5.74, 6) is 0.839. The van der Waals surface area contributed by atoms with E-state index in [-0.39, 0.29) is 11.6 Å². The van der Waals surface area contributed by atoms with Crippen molar-refractivity contribution < 1.29 is 9.47 Å². The van der Waals surface area contributed by atoms with Gasteiger partial charge in [-0.3, -0.25) is 0 Å². The highest BCUT2D eigenvalue weighted by atomic mass is 16.5. The van der Waals surface area contributed by atoms with Gasteiger partial charge in [0.25, 0.3) is 6.02 Å². The number of nitrogens with zero attached hydrogens (tertiary/aromatic N) is 1. The number of ether oxygens (including phenoxy) is 2. The number of hydrogen-bond acceptors (Lipinski definition) is 4. The third-order valence-corrected chi connectivity index (χ3v) is 3.00. The third kappa shape index (κ3) is 1.71. The number of nitrogens with two attached hydrogens (primary N) is 1. The lowest BCUT2D eigenvalue weighted by Gasteiger charge is -2.22. The van der Waals surface area contributed by atoms with Crippen LogP contribution in [0.15, 0.2) is 29.3 Å². The molecule has 0 aliphatic carbocycles. The predicted octanol–water partition coefficient (Wildman–Crippen LogP) is 1.65. The Morgan fingerprint density at radius 3 is 2.56 bits per heavy atom. The van der Waals surface area contributed by atoms with Crippen molar-refractivity contribution in [2.75, 3.05) is 13.7 Å². The molecular formula is C12H16N2O2. The second-order valence-corrected chi connectivity index (χ2v) is 3.85. The van der Waals surface area contributed by atoms with Crippen LogP contribution in [0.5, 0.6) is 5.75 Å². The zero-order valence-corrected chi connectivity index (χ0v) is 9.56. The molecule has 1 unspecified atom stereocenters. The Kier molecular flexibility index (Phi) is 2.73. The highest BCUT2D eigenvalue weighted by molar-refractivity contribution is 5.74. The Bertz CT molecular complexity index is 400. The standard InChI is InChI=1S/C12H16N2O2/c1-3-12(8-16-11(13)14-12)9-4-6-10(15-2)7-5-9/h4-7H,3,8H2,1-2H3,(H2,13,14). The van der Waals surface area contributed by atoms with Crippen molar-refractivity contribution in [1.29, 1.82) is 0 Å². The molecule has 0 radical (unpaired) electrons. The first-order valence-corrected chi connectivity index (χ1v) is 5.33. The Morgan fingerprint density at radius 2 is 2.12 bits per heavy atom. The highest BCUT2D eigenvalue weighted by Crippen LogP contribution is 2.34. The number of benzene rings is 1. The molecule has 0 bridgehead atoms. The molecule has 0 saturated heterocycles. The first kappa shape index (κ1) is 10.8. The van der Waals surface area contributed by atoms with Gasteiger partial charge in [-0.15, -0.1) is 0 Å². The van der Waals surface area contributed by atoms with Gasteiger partial charge in [0.15, 0.2) is 0 Å². The quantitative estimate of drug-likeness (QED) is 0.842. The van der Waals surface area contributed by atoms with E-state index in [4.69, 9.17) is 15.2 Å². The molecule has 0 aromatic heterocycles. The van der Waals surface area contributed by atoms with Crippen LogP contribution in [0.2, 0.25) is 0 Å². The maximum Gasteiger partial charge on any atom is 0.283 e. The molecule has 4 heteroatoms.